The van der Waals surface area contributed by atoms with Gasteiger partial charge in [0.25, 0.3) is 0 Å². The summed E-state index contributed by atoms with van der Waals surface area (Å²) >= 11 is 0. The molecule has 0 aliphatic heterocycles. The van der Waals surface area contributed by atoms with Gasteiger partial charge in [0.15, 0.2) is 0 Å². The molecule has 1 fully saturated rings. The van der Waals surface area contributed by atoms with E-state index in [0.717, 1.165) is 5.69 Å². The molecular formula is C14H20N2O2. The van der Waals surface area contributed by atoms with E-state index >= 15 is 0 Å². The Bertz CT molecular complexity index is 426. The van der Waals surface area contributed by atoms with Gasteiger partial charge >= 0.3 is 5.97 Å². The van der Waals surface area contributed by atoms with Crippen LogP contribution in [0.3, 0.4) is 0 Å². The minimum absolute atomic E-state index is 0.237. The van der Waals surface area contributed by atoms with Crippen LogP contribution in [-0.2, 0) is 6.54 Å². The van der Waals surface area contributed by atoms with Crippen molar-refractivity contribution < 1.29 is 9.90 Å². The van der Waals surface area contributed by atoms with E-state index in [1.807, 2.05) is 0 Å². The van der Waals surface area contributed by atoms with Crippen molar-refractivity contribution in [2.45, 2.75) is 45.7 Å². The molecular weight excluding hydrogens is 228 g/mol. The van der Waals surface area contributed by atoms with Crippen molar-refractivity contribution in [3.63, 3.8) is 0 Å². The maximum absolute atomic E-state index is 10.7. The molecule has 1 aromatic heterocycles. The van der Waals surface area contributed by atoms with Crippen molar-refractivity contribution in [1.82, 2.24) is 10.3 Å². The Kier molecular flexibility index (Phi) is 3.66. The number of aromatic carboxylic acids is 1. The molecule has 4 nitrogen and oxygen atoms in total. The highest BCUT2D eigenvalue weighted by atomic mass is 16.4. The van der Waals surface area contributed by atoms with Gasteiger partial charge in [-0.1, -0.05) is 13.8 Å². The van der Waals surface area contributed by atoms with Crippen LogP contribution in [0.4, 0.5) is 0 Å². The Balaban J connectivity index is 1.85. The van der Waals surface area contributed by atoms with Gasteiger partial charge in [-0.3, -0.25) is 4.98 Å². The average molecular weight is 248 g/mol. The van der Waals surface area contributed by atoms with Crippen molar-refractivity contribution in [3.05, 3.63) is 29.6 Å². The van der Waals surface area contributed by atoms with Gasteiger partial charge in [0.05, 0.1) is 11.3 Å². The Hall–Kier alpha value is -1.42. The van der Waals surface area contributed by atoms with Crippen molar-refractivity contribution in [2.24, 2.45) is 5.41 Å². The summed E-state index contributed by atoms with van der Waals surface area (Å²) in [5, 5.41) is 12.3. The van der Waals surface area contributed by atoms with Crippen molar-refractivity contribution in [3.8, 4) is 0 Å². The molecule has 2 N–H and O–H groups in total. The predicted molar refractivity (Wildman–Crippen MR) is 69.5 cm³/mol. The molecule has 1 aliphatic rings. The lowest BCUT2D eigenvalue weighted by Gasteiger charge is -2.17. The second-order valence-corrected chi connectivity index (χ2v) is 5.83. The third-order valence-electron chi connectivity index (χ3n) is 3.61. The van der Waals surface area contributed by atoms with Crippen LogP contribution < -0.4 is 5.32 Å². The summed E-state index contributed by atoms with van der Waals surface area (Å²) in [7, 11) is 0. The maximum Gasteiger partial charge on any atom is 0.337 e. The highest BCUT2D eigenvalue weighted by molar-refractivity contribution is 5.87. The Morgan fingerprint density at radius 2 is 2.33 bits per heavy atom. The van der Waals surface area contributed by atoms with Crippen LogP contribution in [0.15, 0.2) is 18.3 Å². The molecule has 0 saturated heterocycles. The zero-order chi connectivity index (χ0) is 13.2. The van der Waals surface area contributed by atoms with Gasteiger partial charge < -0.3 is 10.4 Å². The number of hydrogen-bond donors (Lipinski definition) is 2. The first kappa shape index (κ1) is 13.0. The molecule has 2 rings (SSSR count). The standard InChI is InChI=1S/C14H20N2O2/c1-14(2)6-5-11(7-14)16-9-12-4-3-10(8-15-12)13(17)18/h3-4,8,11,16H,5-7,9H2,1-2H3,(H,17,18). The number of carboxylic acid groups (broad SMARTS) is 1. The summed E-state index contributed by atoms with van der Waals surface area (Å²) in [5.74, 6) is -0.931. The van der Waals surface area contributed by atoms with Crippen molar-refractivity contribution in [1.29, 1.82) is 0 Å². The predicted octanol–water partition coefficient (Wildman–Crippen LogP) is 2.45. The Labute approximate surface area is 107 Å². The summed E-state index contributed by atoms with van der Waals surface area (Å²) in [6.45, 7) is 5.31. The zero-order valence-electron chi connectivity index (χ0n) is 10.9. The van der Waals surface area contributed by atoms with Crippen LogP contribution in [0, 0.1) is 5.41 Å². The van der Waals surface area contributed by atoms with E-state index in [4.69, 9.17) is 5.11 Å². The van der Waals surface area contributed by atoms with E-state index in [-0.39, 0.29) is 5.56 Å². The minimum atomic E-state index is -0.931. The molecule has 4 heteroatoms. The molecule has 1 heterocycles. The number of carboxylic acids is 1. The first-order valence-electron chi connectivity index (χ1n) is 6.38. The fraction of sp³-hybridized carbons (Fsp3) is 0.571. The molecule has 1 saturated carbocycles. The summed E-state index contributed by atoms with van der Waals surface area (Å²) < 4.78 is 0. The molecule has 1 aliphatic carbocycles. The number of pyridine rings is 1. The first-order chi connectivity index (χ1) is 8.46. The third kappa shape index (κ3) is 3.29. The van der Waals surface area contributed by atoms with Crippen molar-refractivity contribution >= 4 is 5.97 Å². The number of rotatable bonds is 4. The molecule has 0 bridgehead atoms. The van der Waals surface area contributed by atoms with E-state index in [2.05, 4.69) is 24.1 Å². The fourth-order valence-corrected chi connectivity index (χ4v) is 2.51. The molecule has 0 amide bonds. The normalized spacial score (nSPS) is 22.0. The van der Waals surface area contributed by atoms with Crippen molar-refractivity contribution in [2.75, 3.05) is 0 Å². The first-order valence-corrected chi connectivity index (χ1v) is 6.38. The lowest BCUT2D eigenvalue weighted by atomic mass is 9.92. The lowest BCUT2D eigenvalue weighted by molar-refractivity contribution is 0.0696. The number of aromatic nitrogens is 1. The topological polar surface area (TPSA) is 62.2 Å². The quantitative estimate of drug-likeness (QED) is 0.859. The van der Waals surface area contributed by atoms with Gasteiger partial charge in [0.2, 0.25) is 0 Å². The van der Waals surface area contributed by atoms with Gasteiger partial charge in [-0.05, 0) is 36.8 Å². The van der Waals surface area contributed by atoms with E-state index in [1.54, 1.807) is 12.1 Å². The highest BCUT2D eigenvalue weighted by Gasteiger charge is 2.30. The Morgan fingerprint density at radius 3 is 2.83 bits per heavy atom. The summed E-state index contributed by atoms with van der Waals surface area (Å²) in [4.78, 5) is 14.8. The van der Waals surface area contributed by atoms with Gasteiger partial charge in [-0.2, -0.15) is 0 Å². The maximum atomic E-state index is 10.7. The molecule has 0 radical (unpaired) electrons. The average Bonchev–Trinajstić information content (AvgIpc) is 2.67. The van der Waals surface area contributed by atoms with E-state index in [9.17, 15) is 4.79 Å². The number of nitrogens with one attached hydrogen (secondary N) is 1. The second kappa shape index (κ2) is 5.06. The molecule has 0 spiro atoms. The monoisotopic (exact) mass is 248 g/mol. The fourth-order valence-electron chi connectivity index (χ4n) is 2.51. The van der Waals surface area contributed by atoms with E-state index in [1.165, 1.54) is 25.5 Å². The smallest absolute Gasteiger partial charge is 0.337 e. The zero-order valence-corrected chi connectivity index (χ0v) is 10.9. The molecule has 1 unspecified atom stereocenters. The third-order valence-corrected chi connectivity index (χ3v) is 3.61. The van der Waals surface area contributed by atoms with Gasteiger partial charge in [0, 0.05) is 18.8 Å². The Morgan fingerprint density at radius 1 is 1.56 bits per heavy atom. The minimum Gasteiger partial charge on any atom is -0.478 e. The molecule has 1 aromatic rings. The highest BCUT2D eigenvalue weighted by Crippen LogP contribution is 2.36. The van der Waals surface area contributed by atoms with Crippen LogP contribution in [0.5, 0.6) is 0 Å². The largest absolute Gasteiger partial charge is 0.478 e. The molecule has 1 atom stereocenters. The van der Waals surface area contributed by atoms with Gasteiger partial charge in [0.1, 0.15) is 0 Å². The SMILES string of the molecule is CC1(C)CCC(NCc2ccc(C(=O)O)cn2)C1. The van der Waals surface area contributed by atoms with Crippen LogP contribution in [0.1, 0.15) is 49.2 Å². The summed E-state index contributed by atoms with van der Waals surface area (Å²) in [6, 6.07) is 3.93. The van der Waals surface area contributed by atoms with E-state index in [0.29, 0.717) is 18.0 Å². The molecule has 18 heavy (non-hydrogen) atoms. The number of hydrogen-bond acceptors (Lipinski definition) is 3. The van der Waals surface area contributed by atoms with Gasteiger partial charge in [-0.25, -0.2) is 4.79 Å². The second-order valence-electron chi connectivity index (χ2n) is 5.83. The van der Waals surface area contributed by atoms with Crippen LogP contribution in [-0.4, -0.2) is 22.1 Å². The molecule has 98 valence electrons. The van der Waals surface area contributed by atoms with Crippen LogP contribution in [0.25, 0.3) is 0 Å². The lowest BCUT2D eigenvalue weighted by Crippen LogP contribution is -2.27. The summed E-state index contributed by atoms with van der Waals surface area (Å²) in [5.41, 5.74) is 1.57. The van der Waals surface area contributed by atoms with Crippen LogP contribution in [0.2, 0.25) is 0 Å². The summed E-state index contributed by atoms with van der Waals surface area (Å²) in [6.07, 6.45) is 5.08. The van der Waals surface area contributed by atoms with E-state index < -0.39 is 5.97 Å². The van der Waals surface area contributed by atoms with Crippen LogP contribution >= 0.6 is 0 Å². The number of nitrogens with zero attached hydrogens (tertiary/aromatic N) is 1. The molecule has 0 aromatic carbocycles. The van der Waals surface area contributed by atoms with Gasteiger partial charge in [-0.15, -0.1) is 0 Å². The number of carbonyl (C=O) groups is 1.